The highest BCUT2D eigenvalue weighted by Crippen LogP contribution is 2.40. The Labute approximate surface area is 323 Å². The molecule has 0 N–H and O–H groups in total. The van der Waals surface area contributed by atoms with Crippen LogP contribution >= 0.6 is 0 Å². The van der Waals surface area contributed by atoms with Gasteiger partial charge in [0.15, 0.2) is 11.4 Å². The molecule has 0 fully saturated rings. The average molecular weight is 716 g/mol. The molecule has 11 aromatic rings. The summed E-state index contributed by atoms with van der Waals surface area (Å²) in [6, 6.07) is 70.4. The third kappa shape index (κ3) is 5.39. The quantitative estimate of drug-likeness (QED) is 0.172. The maximum absolute atomic E-state index is 6.76. The minimum Gasteiger partial charge on any atom is -0.452 e. The summed E-state index contributed by atoms with van der Waals surface area (Å²) in [6.07, 6.45) is 0. The van der Waals surface area contributed by atoms with Crippen LogP contribution in [-0.4, -0.2) is 14.5 Å². The number of furan rings is 1. The lowest BCUT2D eigenvalue weighted by atomic mass is 9.97. The van der Waals surface area contributed by atoms with Crippen molar-refractivity contribution in [2.24, 2.45) is 0 Å². The van der Waals surface area contributed by atoms with Gasteiger partial charge in [-0.3, -0.25) is 0 Å². The van der Waals surface area contributed by atoms with Crippen molar-refractivity contribution in [2.45, 2.75) is 0 Å². The SMILES string of the molecule is c1ccc(-c2cccc(-c3nc(-c4ccccc4)nc4c3oc3cc(-c5cccc(-c6ccc7c8ccccc8n(-c8ccccc8)c7c6)c5)ccc34)c2)cc1. The van der Waals surface area contributed by atoms with Crippen molar-refractivity contribution in [1.82, 2.24) is 14.5 Å². The second kappa shape index (κ2) is 13.1. The van der Waals surface area contributed by atoms with Crippen LogP contribution in [0.5, 0.6) is 0 Å². The van der Waals surface area contributed by atoms with Gasteiger partial charge in [0.1, 0.15) is 16.8 Å². The number of para-hydroxylation sites is 2. The maximum Gasteiger partial charge on any atom is 0.180 e. The van der Waals surface area contributed by atoms with Crippen LogP contribution in [0.15, 0.2) is 205 Å². The molecule has 0 unspecified atom stereocenters. The van der Waals surface area contributed by atoms with E-state index in [2.05, 4.69) is 180 Å². The summed E-state index contributed by atoms with van der Waals surface area (Å²) in [6.45, 7) is 0. The van der Waals surface area contributed by atoms with Crippen molar-refractivity contribution in [3.63, 3.8) is 0 Å². The second-order valence-corrected chi connectivity index (χ2v) is 14.2. The Balaban J connectivity index is 1.03. The van der Waals surface area contributed by atoms with E-state index in [1.54, 1.807) is 0 Å². The molecule has 0 aliphatic heterocycles. The van der Waals surface area contributed by atoms with Gasteiger partial charge in [0.25, 0.3) is 0 Å². The molecule has 0 aliphatic rings. The summed E-state index contributed by atoms with van der Waals surface area (Å²) < 4.78 is 9.12. The predicted molar refractivity (Wildman–Crippen MR) is 231 cm³/mol. The Kier molecular flexibility index (Phi) is 7.46. The van der Waals surface area contributed by atoms with Gasteiger partial charge in [0.05, 0.1) is 11.0 Å². The first-order chi connectivity index (χ1) is 27.7. The van der Waals surface area contributed by atoms with Gasteiger partial charge in [-0.2, -0.15) is 0 Å². The highest BCUT2D eigenvalue weighted by molar-refractivity contribution is 6.11. The zero-order chi connectivity index (χ0) is 37.0. The molecule has 56 heavy (non-hydrogen) atoms. The molecule has 0 spiro atoms. The highest BCUT2D eigenvalue weighted by Gasteiger charge is 2.20. The van der Waals surface area contributed by atoms with E-state index in [-0.39, 0.29) is 0 Å². The average Bonchev–Trinajstić information content (AvgIpc) is 3.82. The Morgan fingerprint density at radius 2 is 0.893 bits per heavy atom. The van der Waals surface area contributed by atoms with Crippen LogP contribution in [0.3, 0.4) is 0 Å². The van der Waals surface area contributed by atoms with Gasteiger partial charge < -0.3 is 8.98 Å². The van der Waals surface area contributed by atoms with Gasteiger partial charge in [-0.1, -0.05) is 152 Å². The van der Waals surface area contributed by atoms with E-state index >= 15 is 0 Å². The maximum atomic E-state index is 6.76. The first-order valence-corrected chi connectivity index (χ1v) is 18.9. The predicted octanol–water partition coefficient (Wildman–Crippen LogP) is 13.8. The van der Waals surface area contributed by atoms with Crippen molar-refractivity contribution < 1.29 is 4.42 Å². The smallest absolute Gasteiger partial charge is 0.180 e. The summed E-state index contributed by atoms with van der Waals surface area (Å²) in [7, 11) is 0. The number of fused-ring (bicyclic) bond motifs is 6. The fourth-order valence-corrected chi connectivity index (χ4v) is 8.09. The Hall–Kier alpha value is -7.56. The largest absolute Gasteiger partial charge is 0.452 e. The van der Waals surface area contributed by atoms with Crippen LogP contribution < -0.4 is 0 Å². The third-order valence-electron chi connectivity index (χ3n) is 10.8. The molecule has 0 saturated carbocycles. The summed E-state index contributed by atoms with van der Waals surface area (Å²) >= 11 is 0. The normalized spacial score (nSPS) is 11.6. The molecule has 3 aromatic heterocycles. The Morgan fingerprint density at radius 1 is 0.357 bits per heavy atom. The van der Waals surface area contributed by atoms with Crippen molar-refractivity contribution in [1.29, 1.82) is 0 Å². The lowest BCUT2D eigenvalue weighted by Gasteiger charge is -2.10. The molecule has 262 valence electrons. The number of benzene rings is 8. The lowest BCUT2D eigenvalue weighted by molar-refractivity contribution is 0.667. The lowest BCUT2D eigenvalue weighted by Crippen LogP contribution is -1.94. The molecule has 4 nitrogen and oxygen atoms in total. The summed E-state index contributed by atoms with van der Waals surface area (Å²) in [5.74, 6) is 0.668. The summed E-state index contributed by atoms with van der Waals surface area (Å²) in [5.41, 5.74) is 15.3. The molecular weight excluding hydrogens is 683 g/mol. The number of hydrogen-bond acceptors (Lipinski definition) is 3. The summed E-state index contributed by atoms with van der Waals surface area (Å²) in [4.78, 5) is 10.3. The van der Waals surface area contributed by atoms with Gasteiger partial charge >= 0.3 is 0 Å². The van der Waals surface area contributed by atoms with Gasteiger partial charge in [-0.25, -0.2) is 9.97 Å². The molecule has 3 heterocycles. The fourth-order valence-electron chi connectivity index (χ4n) is 8.09. The molecule has 8 aromatic carbocycles. The van der Waals surface area contributed by atoms with Crippen molar-refractivity contribution >= 4 is 43.9 Å². The van der Waals surface area contributed by atoms with Crippen LogP contribution in [0.1, 0.15) is 0 Å². The molecule has 0 saturated heterocycles. The molecule has 4 heteroatoms. The van der Waals surface area contributed by atoms with Crippen molar-refractivity contribution in [3.8, 4) is 61.7 Å². The van der Waals surface area contributed by atoms with E-state index in [0.717, 1.165) is 72.4 Å². The van der Waals surface area contributed by atoms with Crippen molar-refractivity contribution in [2.75, 3.05) is 0 Å². The van der Waals surface area contributed by atoms with Gasteiger partial charge in [-0.05, 0) is 81.9 Å². The standard InChI is InChI=1S/C52H33N3O/c1-4-14-34(15-5-1)36-18-13-21-41(31-36)49-51-50(54-52(53-49)35-16-6-2-7-17-35)45-29-27-40(33-48(45)56-51)38-20-12-19-37(30-38)39-26-28-44-43-24-10-11-25-46(43)55(47(44)32-39)42-22-8-3-9-23-42/h1-33H. The fraction of sp³-hybridized carbons (Fsp3) is 0. The molecule has 0 radical (unpaired) electrons. The van der Waals surface area contributed by atoms with Gasteiger partial charge in [0.2, 0.25) is 0 Å². The zero-order valence-corrected chi connectivity index (χ0v) is 30.3. The summed E-state index contributed by atoms with van der Waals surface area (Å²) in [5, 5.41) is 3.45. The van der Waals surface area contributed by atoms with E-state index in [0.29, 0.717) is 11.4 Å². The van der Waals surface area contributed by atoms with Crippen LogP contribution in [0, 0.1) is 0 Å². The molecule has 0 atom stereocenters. The van der Waals surface area contributed by atoms with Crippen LogP contribution in [0.25, 0.3) is 106 Å². The number of aromatic nitrogens is 3. The van der Waals surface area contributed by atoms with Gasteiger partial charge in [0, 0.05) is 33.0 Å². The minimum atomic E-state index is 0.668. The third-order valence-corrected chi connectivity index (χ3v) is 10.8. The van der Waals surface area contributed by atoms with Crippen LogP contribution in [0.2, 0.25) is 0 Å². The van der Waals surface area contributed by atoms with Crippen LogP contribution in [-0.2, 0) is 0 Å². The first-order valence-electron chi connectivity index (χ1n) is 18.9. The molecule has 0 bridgehead atoms. The van der Waals surface area contributed by atoms with E-state index in [1.807, 2.05) is 24.3 Å². The monoisotopic (exact) mass is 715 g/mol. The molecule has 11 rings (SSSR count). The number of rotatable bonds is 6. The minimum absolute atomic E-state index is 0.668. The molecule has 0 amide bonds. The van der Waals surface area contributed by atoms with E-state index in [9.17, 15) is 0 Å². The Bertz CT molecular complexity index is 3240. The highest BCUT2D eigenvalue weighted by atomic mass is 16.3. The molecule has 0 aliphatic carbocycles. The molecular formula is C52H33N3O. The topological polar surface area (TPSA) is 43.9 Å². The number of nitrogens with zero attached hydrogens (tertiary/aromatic N) is 3. The van der Waals surface area contributed by atoms with E-state index in [4.69, 9.17) is 14.4 Å². The second-order valence-electron chi connectivity index (χ2n) is 14.2. The zero-order valence-electron chi connectivity index (χ0n) is 30.3. The number of hydrogen-bond donors (Lipinski definition) is 0. The Morgan fingerprint density at radius 3 is 1.64 bits per heavy atom. The van der Waals surface area contributed by atoms with Crippen molar-refractivity contribution in [3.05, 3.63) is 200 Å². The first kappa shape index (κ1) is 31.9. The van der Waals surface area contributed by atoms with E-state index < -0.39 is 0 Å². The van der Waals surface area contributed by atoms with E-state index in [1.165, 1.54) is 21.8 Å². The van der Waals surface area contributed by atoms with Crippen LogP contribution in [0.4, 0.5) is 0 Å². The van der Waals surface area contributed by atoms with Gasteiger partial charge in [-0.15, -0.1) is 0 Å².